The summed E-state index contributed by atoms with van der Waals surface area (Å²) in [4.78, 5) is 0. The summed E-state index contributed by atoms with van der Waals surface area (Å²) in [7, 11) is 0. The molecule has 2 fully saturated rings. The monoisotopic (exact) mass is 307 g/mol. The normalized spacial score (nSPS) is 34.1. The first-order chi connectivity index (χ1) is 8.76. The number of halogens is 1. The van der Waals surface area contributed by atoms with Crippen LogP contribution in [0, 0.1) is 5.92 Å². The van der Waals surface area contributed by atoms with E-state index in [4.69, 9.17) is 0 Å². The molecule has 2 saturated carbocycles. The van der Waals surface area contributed by atoms with Gasteiger partial charge in [0.1, 0.15) is 0 Å². The largest absolute Gasteiger partial charge is 0.311 e. The number of nitrogens with one attached hydrogen (secondary N) is 1. The zero-order chi connectivity index (χ0) is 12.5. The highest BCUT2D eigenvalue weighted by molar-refractivity contribution is 9.10. The average molecular weight is 308 g/mol. The third-order valence-electron chi connectivity index (χ3n) is 4.49. The van der Waals surface area contributed by atoms with Gasteiger partial charge in [0.25, 0.3) is 0 Å². The van der Waals surface area contributed by atoms with Crippen LogP contribution in [0.4, 0.5) is 0 Å². The first-order valence-electron chi connectivity index (χ1n) is 7.27. The van der Waals surface area contributed by atoms with Crippen molar-refractivity contribution in [2.24, 2.45) is 5.92 Å². The Balaban J connectivity index is 1.44. The molecule has 0 radical (unpaired) electrons. The molecular weight excluding hydrogens is 286 g/mol. The lowest BCUT2D eigenvalue weighted by atomic mass is 9.76. The lowest BCUT2D eigenvalue weighted by Gasteiger charge is -2.36. The van der Waals surface area contributed by atoms with Crippen molar-refractivity contribution < 1.29 is 0 Å². The van der Waals surface area contributed by atoms with E-state index in [0.29, 0.717) is 0 Å². The van der Waals surface area contributed by atoms with Gasteiger partial charge in [-0.15, -0.1) is 0 Å². The fourth-order valence-corrected chi connectivity index (χ4v) is 3.65. The van der Waals surface area contributed by atoms with Crippen molar-refractivity contribution in [1.82, 2.24) is 5.32 Å². The molecule has 0 heterocycles. The highest BCUT2D eigenvalue weighted by Gasteiger charge is 2.40. The zero-order valence-corrected chi connectivity index (χ0v) is 12.6. The Bertz CT molecular complexity index is 411. The topological polar surface area (TPSA) is 12.0 Å². The van der Waals surface area contributed by atoms with E-state index in [0.717, 1.165) is 23.9 Å². The van der Waals surface area contributed by atoms with Crippen LogP contribution in [-0.4, -0.2) is 12.1 Å². The minimum absolute atomic E-state index is 0.779. The molecule has 1 nitrogen and oxygen atoms in total. The first kappa shape index (κ1) is 12.7. The van der Waals surface area contributed by atoms with Gasteiger partial charge in [-0.25, -0.2) is 0 Å². The molecule has 2 atom stereocenters. The highest BCUT2D eigenvalue weighted by atomic mass is 79.9. The fraction of sp³-hybridized carbons (Fsp3) is 0.625. The molecule has 0 aliphatic heterocycles. The van der Waals surface area contributed by atoms with Crippen molar-refractivity contribution in [3.63, 3.8) is 0 Å². The molecule has 1 aromatic carbocycles. The van der Waals surface area contributed by atoms with Crippen molar-refractivity contribution in [1.29, 1.82) is 0 Å². The van der Waals surface area contributed by atoms with E-state index in [9.17, 15) is 0 Å². The molecule has 1 aromatic rings. The van der Waals surface area contributed by atoms with Gasteiger partial charge in [0.2, 0.25) is 0 Å². The Morgan fingerprint density at radius 2 is 2.11 bits per heavy atom. The molecule has 98 valence electrons. The summed E-state index contributed by atoms with van der Waals surface area (Å²) in [6.07, 6.45) is 6.83. The van der Waals surface area contributed by atoms with Gasteiger partial charge in [-0.3, -0.25) is 0 Å². The molecule has 0 spiro atoms. The number of hydrogen-bond acceptors (Lipinski definition) is 1. The fourth-order valence-electron chi connectivity index (χ4n) is 3.23. The van der Waals surface area contributed by atoms with Crippen LogP contribution < -0.4 is 5.32 Å². The summed E-state index contributed by atoms with van der Waals surface area (Å²) in [6.45, 7) is 2.29. The molecule has 0 amide bonds. The minimum atomic E-state index is 0.779. The Kier molecular flexibility index (Phi) is 3.76. The summed E-state index contributed by atoms with van der Waals surface area (Å²) < 4.78 is 1.21. The van der Waals surface area contributed by atoms with E-state index in [1.54, 1.807) is 0 Å². The van der Waals surface area contributed by atoms with Crippen molar-refractivity contribution in [3.05, 3.63) is 34.3 Å². The predicted octanol–water partition coefficient (Wildman–Crippen LogP) is 4.47. The molecule has 1 N–H and O–H groups in total. The summed E-state index contributed by atoms with van der Waals surface area (Å²) in [5.41, 5.74) is 1.50. The van der Waals surface area contributed by atoms with Gasteiger partial charge in [-0.1, -0.05) is 41.4 Å². The summed E-state index contributed by atoms with van der Waals surface area (Å²) in [6, 6.07) is 10.4. The molecule has 2 aliphatic rings. The highest BCUT2D eigenvalue weighted by Crippen LogP contribution is 2.41. The number of rotatable bonds is 5. The Labute approximate surface area is 118 Å². The SMILES string of the molecule is CCCC1CC1NC1CC(c2cccc(Br)c2)C1. The second-order valence-corrected chi connectivity index (χ2v) is 6.89. The molecule has 0 aromatic heterocycles. The first-order valence-corrected chi connectivity index (χ1v) is 8.07. The van der Waals surface area contributed by atoms with E-state index in [-0.39, 0.29) is 0 Å². The molecule has 18 heavy (non-hydrogen) atoms. The Morgan fingerprint density at radius 1 is 1.28 bits per heavy atom. The van der Waals surface area contributed by atoms with Crippen LogP contribution in [0.3, 0.4) is 0 Å². The second-order valence-electron chi connectivity index (χ2n) is 5.98. The Hall–Kier alpha value is -0.340. The van der Waals surface area contributed by atoms with Gasteiger partial charge in [0, 0.05) is 16.6 Å². The number of benzene rings is 1. The van der Waals surface area contributed by atoms with Gasteiger partial charge in [0.05, 0.1) is 0 Å². The van der Waals surface area contributed by atoms with Crippen LogP contribution in [0.25, 0.3) is 0 Å². The molecule has 3 rings (SSSR count). The smallest absolute Gasteiger partial charge is 0.0178 e. The van der Waals surface area contributed by atoms with E-state index in [1.807, 2.05) is 0 Å². The van der Waals surface area contributed by atoms with E-state index < -0.39 is 0 Å². The van der Waals surface area contributed by atoms with Crippen LogP contribution >= 0.6 is 15.9 Å². The van der Waals surface area contributed by atoms with Gasteiger partial charge < -0.3 is 5.32 Å². The molecule has 2 aliphatic carbocycles. The molecule has 2 unspecified atom stereocenters. The maximum Gasteiger partial charge on any atom is 0.0178 e. The lowest BCUT2D eigenvalue weighted by molar-refractivity contribution is 0.284. The molecule has 0 bridgehead atoms. The van der Waals surface area contributed by atoms with Crippen LogP contribution in [-0.2, 0) is 0 Å². The van der Waals surface area contributed by atoms with E-state index >= 15 is 0 Å². The predicted molar refractivity (Wildman–Crippen MR) is 79.8 cm³/mol. The standard InChI is InChI=1S/C16H22BrN/c1-2-4-12-10-16(12)18-15-8-13(9-15)11-5-3-6-14(17)7-11/h3,5-7,12-13,15-16,18H,2,4,8-10H2,1H3. The molecular formula is C16H22BrN. The van der Waals surface area contributed by atoms with Gasteiger partial charge in [-0.2, -0.15) is 0 Å². The quantitative estimate of drug-likeness (QED) is 0.846. The third-order valence-corrected chi connectivity index (χ3v) is 4.98. The van der Waals surface area contributed by atoms with E-state index in [2.05, 4.69) is 52.4 Å². The van der Waals surface area contributed by atoms with Crippen molar-refractivity contribution >= 4 is 15.9 Å². The van der Waals surface area contributed by atoms with Gasteiger partial charge >= 0.3 is 0 Å². The maximum absolute atomic E-state index is 3.83. The average Bonchev–Trinajstić information content (AvgIpc) is 3.02. The van der Waals surface area contributed by atoms with Crippen LogP contribution in [0.1, 0.15) is 50.5 Å². The van der Waals surface area contributed by atoms with Gasteiger partial charge in [-0.05, 0) is 55.2 Å². The number of hydrogen-bond donors (Lipinski definition) is 1. The van der Waals surface area contributed by atoms with Crippen LogP contribution in [0.2, 0.25) is 0 Å². The summed E-state index contributed by atoms with van der Waals surface area (Å²) in [5, 5.41) is 3.83. The van der Waals surface area contributed by atoms with Crippen molar-refractivity contribution in [2.75, 3.05) is 0 Å². The summed E-state index contributed by atoms with van der Waals surface area (Å²) in [5.74, 6) is 1.77. The maximum atomic E-state index is 3.83. The van der Waals surface area contributed by atoms with Gasteiger partial charge in [0.15, 0.2) is 0 Å². The molecule has 0 saturated heterocycles. The molecule has 2 heteroatoms. The Morgan fingerprint density at radius 3 is 2.83 bits per heavy atom. The van der Waals surface area contributed by atoms with Crippen molar-refractivity contribution in [2.45, 2.75) is 57.0 Å². The van der Waals surface area contributed by atoms with Crippen LogP contribution in [0.5, 0.6) is 0 Å². The van der Waals surface area contributed by atoms with Crippen molar-refractivity contribution in [3.8, 4) is 0 Å². The third kappa shape index (κ3) is 2.80. The minimum Gasteiger partial charge on any atom is -0.311 e. The van der Waals surface area contributed by atoms with Crippen LogP contribution in [0.15, 0.2) is 28.7 Å². The lowest BCUT2D eigenvalue weighted by Crippen LogP contribution is -2.41. The van der Waals surface area contributed by atoms with E-state index in [1.165, 1.54) is 42.1 Å². The second kappa shape index (κ2) is 5.34. The zero-order valence-electron chi connectivity index (χ0n) is 11.0. The summed E-state index contributed by atoms with van der Waals surface area (Å²) >= 11 is 3.56.